The van der Waals surface area contributed by atoms with Crippen LogP contribution in [0.2, 0.25) is 0 Å². The summed E-state index contributed by atoms with van der Waals surface area (Å²) >= 11 is 0. The van der Waals surface area contributed by atoms with E-state index in [1.54, 1.807) is 0 Å². The lowest BCUT2D eigenvalue weighted by Crippen LogP contribution is -2.17. The average molecular weight is 227 g/mol. The first-order valence-electron chi connectivity index (χ1n) is 6.83. The maximum Gasteiger partial charge on any atom is 0.0483 e. The molecule has 2 aromatic rings. The lowest BCUT2D eigenvalue weighted by atomic mass is 9.85. The second kappa shape index (κ2) is 4.21. The maximum absolute atomic E-state index is 2.45. The summed E-state index contributed by atoms with van der Waals surface area (Å²) in [4.78, 5) is 0. The molecular formula is C16H21N. The fraction of sp³-hybridized carbons (Fsp3) is 0.500. The van der Waals surface area contributed by atoms with Gasteiger partial charge in [-0.25, -0.2) is 0 Å². The molecule has 1 aliphatic rings. The first-order valence-corrected chi connectivity index (χ1v) is 6.83. The Bertz CT molecular complexity index is 517. The van der Waals surface area contributed by atoms with E-state index in [9.17, 15) is 0 Å². The Labute approximate surface area is 103 Å². The van der Waals surface area contributed by atoms with Gasteiger partial charge in [-0.2, -0.15) is 0 Å². The van der Waals surface area contributed by atoms with Gasteiger partial charge in [-0.15, -0.1) is 0 Å². The summed E-state index contributed by atoms with van der Waals surface area (Å²) in [6.45, 7) is 5.77. The zero-order valence-electron chi connectivity index (χ0n) is 10.8. The van der Waals surface area contributed by atoms with Crippen molar-refractivity contribution in [3.05, 3.63) is 36.0 Å². The largest absolute Gasteiger partial charge is 0.347 e. The van der Waals surface area contributed by atoms with Crippen LogP contribution in [-0.2, 0) is 6.54 Å². The van der Waals surface area contributed by atoms with Crippen molar-refractivity contribution in [1.29, 1.82) is 0 Å². The smallest absolute Gasteiger partial charge is 0.0483 e. The van der Waals surface area contributed by atoms with Gasteiger partial charge in [0.25, 0.3) is 0 Å². The fourth-order valence-corrected chi connectivity index (χ4v) is 2.86. The topological polar surface area (TPSA) is 4.93 Å². The van der Waals surface area contributed by atoms with Gasteiger partial charge in [0, 0.05) is 23.6 Å². The van der Waals surface area contributed by atoms with Gasteiger partial charge in [0.2, 0.25) is 0 Å². The Morgan fingerprint density at radius 3 is 2.71 bits per heavy atom. The lowest BCUT2D eigenvalue weighted by Gasteiger charge is -2.26. The van der Waals surface area contributed by atoms with Crippen molar-refractivity contribution in [3.63, 3.8) is 0 Å². The molecule has 0 spiro atoms. The van der Waals surface area contributed by atoms with E-state index >= 15 is 0 Å². The van der Waals surface area contributed by atoms with Crippen molar-refractivity contribution in [3.8, 4) is 0 Å². The van der Waals surface area contributed by atoms with Crippen LogP contribution in [0.3, 0.4) is 0 Å². The van der Waals surface area contributed by atoms with Crippen molar-refractivity contribution >= 4 is 10.9 Å². The van der Waals surface area contributed by atoms with E-state index in [1.165, 1.54) is 42.3 Å². The van der Waals surface area contributed by atoms with Gasteiger partial charge in [-0.1, -0.05) is 32.4 Å². The van der Waals surface area contributed by atoms with E-state index in [1.807, 2.05) is 0 Å². The zero-order chi connectivity index (χ0) is 11.8. The number of hydrogen-bond donors (Lipinski definition) is 0. The summed E-state index contributed by atoms with van der Waals surface area (Å²) < 4.78 is 2.45. The predicted molar refractivity (Wildman–Crippen MR) is 73.4 cm³/mol. The van der Waals surface area contributed by atoms with Crippen molar-refractivity contribution in [2.75, 3.05) is 0 Å². The van der Waals surface area contributed by atoms with Crippen molar-refractivity contribution in [1.82, 2.24) is 4.57 Å². The molecule has 0 amide bonds. The van der Waals surface area contributed by atoms with E-state index in [2.05, 4.69) is 48.9 Å². The number of rotatable bonds is 3. The molecule has 0 saturated heterocycles. The highest BCUT2D eigenvalue weighted by atomic mass is 15.0. The number of hydrogen-bond acceptors (Lipinski definition) is 0. The first kappa shape index (κ1) is 10.9. The summed E-state index contributed by atoms with van der Waals surface area (Å²) in [6.07, 6.45) is 6.54. The third kappa shape index (κ3) is 1.88. The second-order valence-electron chi connectivity index (χ2n) is 5.70. The first-order chi connectivity index (χ1) is 8.25. The summed E-state index contributed by atoms with van der Waals surface area (Å²) in [5, 5.41) is 1.45. The van der Waals surface area contributed by atoms with Gasteiger partial charge in [0.05, 0.1) is 0 Å². The molecular weight excluding hydrogens is 206 g/mol. The molecule has 1 fully saturated rings. The quantitative estimate of drug-likeness (QED) is 0.724. The number of benzene rings is 1. The molecule has 0 bridgehead atoms. The van der Waals surface area contributed by atoms with E-state index in [-0.39, 0.29) is 0 Å². The molecule has 0 atom stereocenters. The van der Waals surface area contributed by atoms with Crippen LogP contribution in [0.5, 0.6) is 0 Å². The normalized spacial score (nSPS) is 16.6. The Morgan fingerprint density at radius 2 is 2.06 bits per heavy atom. The van der Waals surface area contributed by atoms with E-state index < -0.39 is 0 Å². The standard InChI is InChI=1S/C16H21N/c1-12(2)14-7-4-8-16-15(14)9-10-17(16)11-13-5-3-6-13/h4,7-10,12-13H,3,5-6,11H2,1-2H3. The average Bonchev–Trinajstić information content (AvgIpc) is 2.66. The van der Waals surface area contributed by atoms with Crippen LogP contribution in [0, 0.1) is 5.92 Å². The molecule has 0 N–H and O–H groups in total. The van der Waals surface area contributed by atoms with Crippen LogP contribution in [0.25, 0.3) is 10.9 Å². The third-order valence-electron chi connectivity index (χ3n) is 4.15. The van der Waals surface area contributed by atoms with Gasteiger partial charge >= 0.3 is 0 Å². The van der Waals surface area contributed by atoms with E-state index in [4.69, 9.17) is 0 Å². The second-order valence-corrected chi connectivity index (χ2v) is 5.70. The predicted octanol–water partition coefficient (Wildman–Crippen LogP) is 4.56. The van der Waals surface area contributed by atoms with Crippen molar-refractivity contribution in [2.45, 2.75) is 45.6 Å². The van der Waals surface area contributed by atoms with Gasteiger partial charge < -0.3 is 4.57 Å². The molecule has 1 heterocycles. The minimum atomic E-state index is 0.609. The molecule has 1 aromatic heterocycles. The number of nitrogens with zero attached hydrogens (tertiary/aromatic N) is 1. The molecule has 0 unspecified atom stereocenters. The molecule has 0 radical (unpaired) electrons. The van der Waals surface area contributed by atoms with Crippen LogP contribution < -0.4 is 0 Å². The van der Waals surface area contributed by atoms with Crippen molar-refractivity contribution < 1.29 is 0 Å². The monoisotopic (exact) mass is 227 g/mol. The number of fused-ring (bicyclic) bond motifs is 1. The molecule has 1 saturated carbocycles. The summed E-state index contributed by atoms with van der Waals surface area (Å²) in [7, 11) is 0. The van der Waals surface area contributed by atoms with Crippen LogP contribution >= 0.6 is 0 Å². The molecule has 0 aliphatic heterocycles. The molecule has 17 heavy (non-hydrogen) atoms. The minimum Gasteiger partial charge on any atom is -0.347 e. The Morgan fingerprint density at radius 1 is 1.24 bits per heavy atom. The highest BCUT2D eigenvalue weighted by molar-refractivity contribution is 5.84. The van der Waals surface area contributed by atoms with Gasteiger partial charge in [0.15, 0.2) is 0 Å². The Balaban J connectivity index is 2.00. The van der Waals surface area contributed by atoms with Gasteiger partial charge in [-0.05, 0) is 42.4 Å². The maximum atomic E-state index is 2.45. The highest BCUT2D eigenvalue weighted by Gasteiger charge is 2.18. The summed E-state index contributed by atoms with van der Waals surface area (Å²) in [6, 6.07) is 9.03. The summed E-state index contributed by atoms with van der Waals surface area (Å²) in [5.41, 5.74) is 2.90. The number of aromatic nitrogens is 1. The molecule has 90 valence electrons. The highest BCUT2D eigenvalue weighted by Crippen LogP contribution is 2.31. The van der Waals surface area contributed by atoms with E-state index in [0.717, 1.165) is 5.92 Å². The zero-order valence-corrected chi connectivity index (χ0v) is 10.8. The molecule has 1 nitrogen and oxygen atoms in total. The van der Waals surface area contributed by atoms with Crippen LogP contribution in [0.15, 0.2) is 30.5 Å². The van der Waals surface area contributed by atoms with E-state index in [0.29, 0.717) is 5.92 Å². The van der Waals surface area contributed by atoms with Gasteiger partial charge in [0.1, 0.15) is 0 Å². The Kier molecular flexibility index (Phi) is 2.70. The molecule has 1 aliphatic carbocycles. The van der Waals surface area contributed by atoms with Gasteiger partial charge in [-0.3, -0.25) is 0 Å². The minimum absolute atomic E-state index is 0.609. The van der Waals surface area contributed by atoms with Crippen LogP contribution in [0.4, 0.5) is 0 Å². The SMILES string of the molecule is CC(C)c1cccc2c1ccn2CC1CCC1. The Hall–Kier alpha value is -1.24. The summed E-state index contributed by atoms with van der Waals surface area (Å²) in [5.74, 6) is 1.53. The van der Waals surface area contributed by atoms with Crippen LogP contribution in [-0.4, -0.2) is 4.57 Å². The van der Waals surface area contributed by atoms with Crippen molar-refractivity contribution in [2.24, 2.45) is 5.92 Å². The van der Waals surface area contributed by atoms with Crippen LogP contribution in [0.1, 0.15) is 44.6 Å². The lowest BCUT2D eigenvalue weighted by molar-refractivity contribution is 0.280. The third-order valence-corrected chi connectivity index (χ3v) is 4.15. The molecule has 1 heteroatoms. The fourth-order valence-electron chi connectivity index (χ4n) is 2.86. The molecule has 3 rings (SSSR count). The molecule has 1 aromatic carbocycles.